The highest BCUT2D eigenvalue weighted by Gasteiger charge is 2.23. The second kappa shape index (κ2) is 9.95. The predicted molar refractivity (Wildman–Crippen MR) is 107 cm³/mol. The first-order valence-electron chi connectivity index (χ1n) is 9.55. The maximum absolute atomic E-state index is 12.2. The van der Waals surface area contributed by atoms with Gasteiger partial charge in [0.15, 0.2) is 6.10 Å². The summed E-state index contributed by atoms with van der Waals surface area (Å²) in [6, 6.07) is 13.9. The summed E-state index contributed by atoms with van der Waals surface area (Å²) in [5, 5.41) is 2.09. The van der Waals surface area contributed by atoms with Crippen LogP contribution in [0.15, 0.2) is 42.5 Å². The van der Waals surface area contributed by atoms with Gasteiger partial charge in [-0.05, 0) is 25.3 Å². The first-order valence-corrected chi connectivity index (χ1v) is 9.55. The van der Waals surface area contributed by atoms with E-state index in [0.717, 1.165) is 16.5 Å². The van der Waals surface area contributed by atoms with Gasteiger partial charge in [0.25, 0.3) is 0 Å². The molecule has 1 amide bonds. The van der Waals surface area contributed by atoms with E-state index in [-0.39, 0.29) is 30.9 Å². The minimum absolute atomic E-state index is 0.0258. The number of benzene rings is 2. The molecule has 2 rings (SSSR count). The Balaban J connectivity index is 2.16. The number of fused-ring (bicyclic) bond motifs is 1. The van der Waals surface area contributed by atoms with Gasteiger partial charge in [0, 0.05) is 24.3 Å². The smallest absolute Gasteiger partial charge is 0.305 e. The van der Waals surface area contributed by atoms with Crippen molar-refractivity contribution in [2.45, 2.75) is 52.7 Å². The molecular formula is C22H29NO4. The predicted octanol–water partition coefficient (Wildman–Crippen LogP) is 4.19. The third-order valence-electron chi connectivity index (χ3n) is 4.41. The molecule has 0 aliphatic heterocycles. The van der Waals surface area contributed by atoms with Crippen LogP contribution in [0, 0.1) is 0 Å². The third kappa shape index (κ3) is 5.71. The highest BCUT2D eigenvalue weighted by Crippen LogP contribution is 2.25. The van der Waals surface area contributed by atoms with Crippen LogP contribution in [0.3, 0.4) is 0 Å². The number of hydrogen-bond acceptors (Lipinski definition) is 4. The maximum atomic E-state index is 12.2. The lowest BCUT2D eigenvalue weighted by atomic mass is 10.1. The lowest BCUT2D eigenvalue weighted by Crippen LogP contribution is -2.45. The van der Waals surface area contributed by atoms with Gasteiger partial charge in [-0.2, -0.15) is 0 Å². The number of hydrogen-bond donors (Lipinski definition) is 0. The Morgan fingerprint density at radius 3 is 2.37 bits per heavy atom. The molecule has 0 aliphatic rings. The molecule has 2 aromatic carbocycles. The second-order valence-corrected chi connectivity index (χ2v) is 6.75. The van der Waals surface area contributed by atoms with Gasteiger partial charge in [0.1, 0.15) is 12.4 Å². The van der Waals surface area contributed by atoms with Crippen molar-refractivity contribution in [1.29, 1.82) is 0 Å². The Bertz CT molecular complexity index is 767. The van der Waals surface area contributed by atoms with E-state index >= 15 is 0 Å². The first-order chi connectivity index (χ1) is 13.0. The topological polar surface area (TPSA) is 55.8 Å². The van der Waals surface area contributed by atoms with E-state index in [1.807, 2.05) is 63.2 Å². The zero-order valence-corrected chi connectivity index (χ0v) is 16.6. The van der Waals surface area contributed by atoms with Crippen LogP contribution in [0.2, 0.25) is 0 Å². The van der Waals surface area contributed by atoms with Crippen LogP contribution in [-0.4, -0.2) is 42.1 Å². The summed E-state index contributed by atoms with van der Waals surface area (Å²) >= 11 is 0. The monoisotopic (exact) mass is 371 g/mol. The number of carbonyl (C=O) groups is 2. The summed E-state index contributed by atoms with van der Waals surface area (Å²) in [4.78, 5) is 25.8. The van der Waals surface area contributed by atoms with Gasteiger partial charge >= 0.3 is 5.97 Å². The number of carbonyl (C=O) groups excluding carboxylic acids is 2. The van der Waals surface area contributed by atoms with Gasteiger partial charge in [-0.25, -0.2) is 0 Å². The van der Waals surface area contributed by atoms with Gasteiger partial charge < -0.3 is 14.4 Å². The molecule has 1 unspecified atom stereocenters. The molecule has 0 aromatic heterocycles. The number of ether oxygens (including phenoxy) is 2. The fraction of sp³-hybridized carbons (Fsp3) is 0.455. The highest BCUT2D eigenvalue weighted by molar-refractivity contribution is 5.88. The summed E-state index contributed by atoms with van der Waals surface area (Å²) in [7, 11) is 0. The Labute approximate surface area is 161 Å². The highest BCUT2D eigenvalue weighted by atomic mass is 16.6. The SMILES string of the molecule is CCC(=O)OC(COc1cccc2ccccc12)CN(C(=O)CC)C(C)C. The van der Waals surface area contributed by atoms with Crippen molar-refractivity contribution in [1.82, 2.24) is 4.90 Å². The Morgan fingerprint density at radius 1 is 1.00 bits per heavy atom. The van der Waals surface area contributed by atoms with Gasteiger partial charge in [0.2, 0.25) is 5.91 Å². The van der Waals surface area contributed by atoms with Crippen molar-refractivity contribution in [3.8, 4) is 5.75 Å². The molecule has 2 aromatic rings. The summed E-state index contributed by atoms with van der Waals surface area (Å²) < 4.78 is 11.6. The number of esters is 1. The molecule has 0 aliphatic carbocycles. The van der Waals surface area contributed by atoms with E-state index in [1.54, 1.807) is 11.8 Å². The molecule has 0 bridgehead atoms. The fourth-order valence-electron chi connectivity index (χ4n) is 2.92. The quantitative estimate of drug-likeness (QED) is 0.620. The van der Waals surface area contributed by atoms with Gasteiger partial charge in [-0.15, -0.1) is 0 Å². The zero-order valence-electron chi connectivity index (χ0n) is 16.6. The summed E-state index contributed by atoms with van der Waals surface area (Å²) in [5.74, 6) is 0.477. The third-order valence-corrected chi connectivity index (χ3v) is 4.41. The van der Waals surface area contributed by atoms with E-state index < -0.39 is 6.10 Å². The Hall–Kier alpha value is -2.56. The van der Waals surface area contributed by atoms with Crippen LogP contribution in [0.5, 0.6) is 5.75 Å². The maximum Gasteiger partial charge on any atom is 0.305 e. The molecule has 0 spiro atoms. The number of amides is 1. The summed E-state index contributed by atoms with van der Waals surface area (Å²) in [5.41, 5.74) is 0. The standard InChI is InChI=1S/C22H29NO4/c1-5-21(24)23(16(3)4)14-18(27-22(25)6-2)15-26-20-13-9-11-17-10-7-8-12-19(17)20/h7-13,16,18H,5-6,14-15H2,1-4H3. The van der Waals surface area contributed by atoms with Gasteiger partial charge in [-0.3, -0.25) is 9.59 Å². The van der Waals surface area contributed by atoms with Crippen molar-refractivity contribution in [2.75, 3.05) is 13.2 Å². The van der Waals surface area contributed by atoms with Crippen LogP contribution in [0.4, 0.5) is 0 Å². The average Bonchev–Trinajstić information content (AvgIpc) is 2.68. The normalized spacial score (nSPS) is 12.0. The van der Waals surface area contributed by atoms with Crippen molar-refractivity contribution in [2.24, 2.45) is 0 Å². The minimum atomic E-state index is -0.519. The summed E-state index contributed by atoms with van der Waals surface area (Å²) in [6.07, 6.45) is 0.180. The molecule has 5 heteroatoms. The minimum Gasteiger partial charge on any atom is -0.489 e. The van der Waals surface area contributed by atoms with Crippen LogP contribution >= 0.6 is 0 Å². The van der Waals surface area contributed by atoms with E-state index in [9.17, 15) is 9.59 Å². The molecule has 0 heterocycles. The molecule has 146 valence electrons. The van der Waals surface area contributed by atoms with E-state index in [0.29, 0.717) is 13.0 Å². The van der Waals surface area contributed by atoms with Crippen molar-refractivity contribution in [3.63, 3.8) is 0 Å². The number of nitrogens with zero attached hydrogens (tertiary/aromatic N) is 1. The largest absolute Gasteiger partial charge is 0.489 e. The molecule has 5 nitrogen and oxygen atoms in total. The second-order valence-electron chi connectivity index (χ2n) is 6.75. The zero-order chi connectivity index (χ0) is 19.8. The van der Waals surface area contributed by atoms with Gasteiger partial charge in [-0.1, -0.05) is 50.2 Å². The van der Waals surface area contributed by atoms with E-state index in [4.69, 9.17) is 9.47 Å². The first kappa shape index (κ1) is 20.7. The van der Waals surface area contributed by atoms with Crippen molar-refractivity contribution < 1.29 is 19.1 Å². The van der Waals surface area contributed by atoms with Gasteiger partial charge in [0.05, 0.1) is 6.54 Å². The Morgan fingerprint density at radius 2 is 1.70 bits per heavy atom. The summed E-state index contributed by atoms with van der Waals surface area (Å²) in [6.45, 7) is 8.01. The molecule has 0 saturated carbocycles. The van der Waals surface area contributed by atoms with Crippen LogP contribution < -0.4 is 4.74 Å². The molecule has 0 saturated heterocycles. The molecular weight excluding hydrogens is 342 g/mol. The number of rotatable bonds is 9. The molecule has 1 atom stereocenters. The van der Waals surface area contributed by atoms with Crippen molar-refractivity contribution >= 4 is 22.6 Å². The van der Waals surface area contributed by atoms with Crippen LogP contribution in [-0.2, 0) is 14.3 Å². The lowest BCUT2D eigenvalue weighted by molar-refractivity contribution is -0.154. The molecule has 0 radical (unpaired) electrons. The van der Waals surface area contributed by atoms with Crippen LogP contribution in [0.1, 0.15) is 40.5 Å². The fourth-order valence-corrected chi connectivity index (χ4v) is 2.92. The molecule has 0 fully saturated rings. The molecule has 0 N–H and O–H groups in total. The Kier molecular flexibility index (Phi) is 7.65. The van der Waals surface area contributed by atoms with Crippen LogP contribution in [0.25, 0.3) is 10.8 Å². The van der Waals surface area contributed by atoms with E-state index in [2.05, 4.69) is 0 Å². The lowest BCUT2D eigenvalue weighted by Gasteiger charge is -2.30. The van der Waals surface area contributed by atoms with E-state index in [1.165, 1.54) is 0 Å². The average molecular weight is 371 g/mol. The van der Waals surface area contributed by atoms with Crippen molar-refractivity contribution in [3.05, 3.63) is 42.5 Å². The molecule has 27 heavy (non-hydrogen) atoms.